The van der Waals surface area contributed by atoms with Gasteiger partial charge in [0, 0.05) is 19.5 Å². The quantitative estimate of drug-likeness (QED) is 0.590. The summed E-state index contributed by atoms with van der Waals surface area (Å²) < 4.78 is 0. The molecule has 0 radical (unpaired) electrons. The number of benzene rings is 1. The van der Waals surface area contributed by atoms with Crippen LogP contribution in [0.4, 0.5) is 0 Å². The first-order valence-corrected chi connectivity index (χ1v) is 6.56. The maximum absolute atomic E-state index is 12.0. The number of hydrogen-bond donors (Lipinski definition) is 4. The molecule has 0 saturated heterocycles. The molecule has 20 heavy (non-hydrogen) atoms. The number of amides is 1. The Bertz CT molecular complexity index is 504. The summed E-state index contributed by atoms with van der Waals surface area (Å²) in [6.45, 7) is 0.790. The van der Waals surface area contributed by atoms with Gasteiger partial charge in [-0.25, -0.2) is 4.79 Å². The van der Waals surface area contributed by atoms with Gasteiger partial charge in [-0.1, -0.05) is 24.3 Å². The van der Waals surface area contributed by atoms with Crippen LogP contribution in [0.5, 0.6) is 0 Å². The number of carbonyl (C=O) groups excluding carboxylic acids is 1. The molecule has 0 fully saturated rings. The molecule has 6 heteroatoms. The van der Waals surface area contributed by atoms with Gasteiger partial charge in [0.05, 0.1) is 6.04 Å². The van der Waals surface area contributed by atoms with Crippen LogP contribution >= 0.6 is 0 Å². The molecule has 6 nitrogen and oxygen atoms in total. The first-order valence-electron chi connectivity index (χ1n) is 6.56. The van der Waals surface area contributed by atoms with Crippen LogP contribution in [0.2, 0.25) is 0 Å². The molecule has 1 unspecified atom stereocenters. The highest BCUT2D eigenvalue weighted by molar-refractivity contribution is 5.82. The molecule has 1 heterocycles. The van der Waals surface area contributed by atoms with Crippen molar-refractivity contribution in [1.82, 2.24) is 10.6 Å². The smallest absolute Gasteiger partial charge is 0.332 e. The third-order valence-corrected chi connectivity index (χ3v) is 3.40. The summed E-state index contributed by atoms with van der Waals surface area (Å²) >= 11 is 0. The fourth-order valence-electron chi connectivity index (χ4n) is 2.22. The van der Waals surface area contributed by atoms with Crippen LogP contribution in [0.15, 0.2) is 24.3 Å². The van der Waals surface area contributed by atoms with E-state index in [0.717, 1.165) is 5.56 Å². The maximum atomic E-state index is 12.0. The number of carboxylic acids is 1. The number of nitrogens with one attached hydrogen (secondary N) is 2. The number of hydrogen-bond acceptors (Lipinski definition) is 4. The predicted molar refractivity (Wildman–Crippen MR) is 72.0 cm³/mol. The zero-order chi connectivity index (χ0) is 14.5. The molecule has 0 aliphatic carbocycles. The Hall–Kier alpha value is -1.92. The maximum Gasteiger partial charge on any atom is 0.332 e. The molecule has 1 amide bonds. The zero-order valence-corrected chi connectivity index (χ0v) is 11.0. The van der Waals surface area contributed by atoms with Crippen molar-refractivity contribution in [2.24, 2.45) is 0 Å². The largest absolute Gasteiger partial charge is 0.479 e. The van der Waals surface area contributed by atoms with Gasteiger partial charge in [-0.15, -0.1) is 0 Å². The van der Waals surface area contributed by atoms with E-state index in [4.69, 9.17) is 10.2 Å². The monoisotopic (exact) mass is 278 g/mol. The van der Waals surface area contributed by atoms with E-state index in [1.165, 1.54) is 5.56 Å². The molecule has 0 spiro atoms. The lowest BCUT2D eigenvalue weighted by Crippen LogP contribution is -2.48. The van der Waals surface area contributed by atoms with Crippen molar-refractivity contribution in [3.63, 3.8) is 0 Å². The summed E-state index contributed by atoms with van der Waals surface area (Å²) in [5, 5.41) is 23.4. The summed E-state index contributed by atoms with van der Waals surface area (Å²) in [4.78, 5) is 22.4. The number of aliphatic carboxylic acids is 1. The van der Waals surface area contributed by atoms with E-state index >= 15 is 0 Å². The molecule has 1 aliphatic heterocycles. The first-order chi connectivity index (χ1) is 9.58. The summed E-state index contributed by atoms with van der Waals surface area (Å²) in [5.41, 5.74) is 2.34. The van der Waals surface area contributed by atoms with E-state index in [9.17, 15) is 9.59 Å². The standard InChI is InChI=1S/C14H18N2O4/c17-12(14(19)20)5-6-15-13(18)11-7-9-3-1-2-4-10(9)8-16-11/h1-4,11-12,16-17H,5-8H2,(H,15,18)(H,19,20)/t11-,12?/m1/s1. The molecular weight excluding hydrogens is 260 g/mol. The van der Waals surface area contributed by atoms with E-state index in [2.05, 4.69) is 10.6 Å². The van der Waals surface area contributed by atoms with Crippen molar-refractivity contribution >= 4 is 11.9 Å². The van der Waals surface area contributed by atoms with Crippen LogP contribution in [-0.4, -0.2) is 40.8 Å². The van der Waals surface area contributed by atoms with Crippen LogP contribution in [0.25, 0.3) is 0 Å². The van der Waals surface area contributed by atoms with Crippen molar-refractivity contribution < 1.29 is 19.8 Å². The second kappa shape index (κ2) is 6.49. The van der Waals surface area contributed by atoms with E-state index < -0.39 is 12.1 Å². The highest BCUT2D eigenvalue weighted by Crippen LogP contribution is 2.16. The Balaban J connectivity index is 1.81. The fourth-order valence-corrected chi connectivity index (χ4v) is 2.22. The van der Waals surface area contributed by atoms with Crippen molar-refractivity contribution in [2.75, 3.05) is 6.54 Å². The second-order valence-electron chi connectivity index (χ2n) is 4.84. The lowest BCUT2D eigenvalue weighted by Gasteiger charge is -2.25. The minimum absolute atomic E-state index is 0.00435. The average molecular weight is 278 g/mol. The van der Waals surface area contributed by atoms with Crippen molar-refractivity contribution in [3.05, 3.63) is 35.4 Å². The SMILES string of the molecule is O=C(O)C(O)CCNC(=O)[C@H]1Cc2ccccc2CN1. The number of fused-ring (bicyclic) bond motifs is 1. The summed E-state index contributed by atoms with van der Waals surface area (Å²) in [7, 11) is 0. The highest BCUT2D eigenvalue weighted by atomic mass is 16.4. The molecule has 0 saturated carbocycles. The van der Waals surface area contributed by atoms with Crippen LogP contribution in [-0.2, 0) is 22.6 Å². The van der Waals surface area contributed by atoms with Gasteiger partial charge in [0.15, 0.2) is 6.10 Å². The Morgan fingerprint density at radius 1 is 1.35 bits per heavy atom. The predicted octanol–water partition coefficient (Wildman–Crippen LogP) is -0.347. The van der Waals surface area contributed by atoms with Crippen molar-refractivity contribution in [2.45, 2.75) is 31.5 Å². The van der Waals surface area contributed by atoms with Gasteiger partial charge in [0.2, 0.25) is 5.91 Å². The molecule has 0 bridgehead atoms. The number of aliphatic hydroxyl groups excluding tert-OH is 1. The third kappa shape index (κ3) is 3.55. The molecule has 4 N–H and O–H groups in total. The first kappa shape index (κ1) is 14.5. The highest BCUT2D eigenvalue weighted by Gasteiger charge is 2.23. The van der Waals surface area contributed by atoms with E-state index in [-0.39, 0.29) is 24.9 Å². The van der Waals surface area contributed by atoms with Gasteiger partial charge in [-0.3, -0.25) is 4.79 Å². The minimum Gasteiger partial charge on any atom is -0.479 e. The molecular formula is C14H18N2O4. The van der Waals surface area contributed by atoms with Gasteiger partial charge in [-0.2, -0.15) is 0 Å². The molecule has 108 valence electrons. The van der Waals surface area contributed by atoms with Gasteiger partial charge in [0.1, 0.15) is 0 Å². The summed E-state index contributed by atoms with van der Waals surface area (Å²) in [6.07, 6.45) is -0.816. The second-order valence-corrected chi connectivity index (χ2v) is 4.84. The zero-order valence-electron chi connectivity index (χ0n) is 11.0. The normalized spacial score (nSPS) is 18.9. The van der Waals surface area contributed by atoms with Crippen LogP contribution in [0.1, 0.15) is 17.5 Å². The van der Waals surface area contributed by atoms with Crippen LogP contribution in [0.3, 0.4) is 0 Å². The Morgan fingerprint density at radius 2 is 2.05 bits per heavy atom. The number of carboxylic acid groups (broad SMARTS) is 1. The summed E-state index contributed by atoms with van der Waals surface area (Å²) in [6, 6.07) is 7.63. The van der Waals surface area contributed by atoms with Gasteiger partial charge in [0.25, 0.3) is 0 Å². The minimum atomic E-state index is -1.43. The summed E-state index contributed by atoms with van der Waals surface area (Å²) in [5.74, 6) is -1.44. The topological polar surface area (TPSA) is 98.7 Å². The third-order valence-electron chi connectivity index (χ3n) is 3.40. The van der Waals surface area contributed by atoms with Gasteiger partial charge >= 0.3 is 5.97 Å². The van der Waals surface area contributed by atoms with Gasteiger partial charge in [-0.05, 0) is 17.5 Å². The molecule has 1 aromatic carbocycles. The molecule has 0 aromatic heterocycles. The van der Waals surface area contributed by atoms with Gasteiger partial charge < -0.3 is 20.8 Å². The van der Waals surface area contributed by atoms with E-state index in [1.54, 1.807) is 0 Å². The molecule has 1 aliphatic rings. The molecule has 1 aromatic rings. The Morgan fingerprint density at radius 3 is 2.75 bits per heavy atom. The molecule has 2 atom stereocenters. The number of rotatable bonds is 5. The Labute approximate surface area is 116 Å². The van der Waals surface area contributed by atoms with Crippen LogP contribution in [0, 0.1) is 0 Å². The van der Waals surface area contributed by atoms with E-state index in [0.29, 0.717) is 13.0 Å². The lowest BCUT2D eigenvalue weighted by atomic mass is 9.95. The number of aliphatic hydroxyl groups is 1. The fraction of sp³-hybridized carbons (Fsp3) is 0.429. The Kier molecular flexibility index (Phi) is 4.70. The average Bonchev–Trinajstić information content (AvgIpc) is 2.46. The van der Waals surface area contributed by atoms with E-state index in [1.807, 2.05) is 24.3 Å². The van der Waals surface area contributed by atoms with Crippen molar-refractivity contribution in [1.29, 1.82) is 0 Å². The molecule has 2 rings (SSSR count). The lowest BCUT2D eigenvalue weighted by molar-refractivity contribution is -0.147. The number of carbonyl (C=O) groups is 2. The van der Waals surface area contributed by atoms with Crippen molar-refractivity contribution in [3.8, 4) is 0 Å². The van der Waals surface area contributed by atoms with Crippen LogP contribution < -0.4 is 10.6 Å².